The number of rotatable bonds is 3. The largest absolute Gasteiger partial charge is 0.449 e. The fourth-order valence-electron chi connectivity index (χ4n) is 2.58. The summed E-state index contributed by atoms with van der Waals surface area (Å²) in [4.78, 5) is 4.34. The smallest absolute Gasteiger partial charge is 0.293 e. The molecule has 0 fully saturated rings. The highest BCUT2D eigenvalue weighted by Gasteiger charge is 2.17. The van der Waals surface area contributed by atoms with Crippen LogP contribution in [0.2, 0.25) is 5.02 Å². The van der Waals surface area contributed by atoms with Gasteiger partial charge in [-0.05, 0) is 24.6 Å². The Morgan fingerprint density at radius 3 is 2.52 bits per heavy atom. The van der Waals surface area contributed by atoms with E-state index in [-0.39, 0.29) is 5.89 Å². The second-order valence-corrected chi connectivity index (χ2v) is 6.04. The lowest BCUT2D eigenvalue weighted by Gasteiger charge is -2.02. The maximum absolute atomic E-state index is 9.13. The van der Waals surface area contributed by atoms with Gasteiger partial charge in [-0.1, -0.05) is 47.1 Å². The minimum absolute atomic E-state index is 0.243. The molecular formula is C18H13ClN2O4. The average molecular weight is 357 g/mol. The van der Waals surface area contributed by atoms with E-state index in [1.807, 2.05) is 19.1 Å². The molecule has 0 radical (unpaired) electrons. The van der Waals surface area contributed by atoms with Crippen LogP contribution in [-0.4, -0.2) is 20.4 Å². The van der Waals surface area contributed by atoms with Gasteiger partial charge in [0.25, 0.3) is 5.89 Å². The van der Waals surface area contributed by atoms with E-state index in [9.17, 15) is 0 Å². The Balaban J connectivity index is 1.72. The summed E-state index contributed by atoms with van der Waals surface area (Å²) >= 11 is 6.17. The first-order chi connectivity index (χ1) is 12.0. The van der Waals surface area contributed by atoms with Crippen molar-refractivity contribution in [3.63, 3.8) is 0 Å². The van der Waals surface area contributed by atoms with Crippen molar-refractivity contribution in [3.05, 3.63) is 58.6 Å². The lowest BCUT2D eigenvalue weighted by atomic mass is 10.1. The molecule has 4 aromatic rings. The lowest BCUT2D eigenvalue weighted by Crippen LogP contribution is -1.94. The second-order valence-electron chi connectivity index (χ2n) is 5.64. The molecule has 0 spiro atoms. The van der Waals surface area contributed by atoms with Gasteiger partial charge in [-0.25, -0.2) is 0 Å². The molecular weight excluding hydrogens is 344 g/mol. The number of nitrogens with zero attached hydrogens (tertiary/aromatic N) is 2. The van der Waals surface area contributed by atoms with Gasteiger partial charge in [-0.3, -0.25) is 0 Å². The van der Waals surface area contributed by atoms with Crippen LogP contribution < -0.4 is 0 Å². The third kappa shape index (κ3) is 2.80. The van der Waals surface area contributed by atoms with Gasteiger partial charge < -0.3 is 19.2 Å². The molecule has 0 amide bonds. The van der Waals surface area contributed by atoms with Gasteiger partial charge in [0.05, 0.1) is 5.02 Å². The molecule has 7 heteroatoms. The Kier molecular flexibility index (Phi) is 3.80. The highest BCUT2D eigenvalue weighted by Crippen LogP contribution is 2.34. The van der Waals surface area contributed by atoms with Gasteiger partial charge in [-0.15, -0.1) is 0 Å². The highest BCUT2D eigenvalue weighted by molar-refractivity contribution is 6.35. The van der Waals surface area contributed by atoms with Crippen LogP contribution in [-0.2, 0) is 0 Å². The number of aromatic nitrogens is 2. The summed E-state index contributed by atoms with van der Waals surface area (Å²) in [6, 6.07) is 12.1. The molecule has 0 aliphatic carbocycles. The minimum Gasteiger partial charge on any atom is -0.449 e. The zero-order valence-corrected chi connectivity index (χ0v) is 13.9. The van der Waals surface area contributed by atoms with Crippen LogP contribution in [0.5, 0.6) is 0 Å². The van der Waals surface area contributed by atoms with Crippen LogP contribution in [0.3, 0.4) is 0 Å². The van der Waals surface area contributed by atoms with Crippen molar-refractivity contribution in [1.29, 1.82) is 0 Å². The van der Waals surface area contributed by atoms with Crippen LogP contribution in [0, 0.1) is 6.92 Å². The fraction of sp³-hybridized carbons (Fsp3) is 0.111. The Hall–Kier alpha value is -2.67. The minimum atomic E-state index is -1.52. The van der Waals surface area contributed by atoms with Crippen molar-refractivity contribution in [1.82, 2.24) is 10.1 Å². The van der Waals surface area contributed by atoms with Gasteiger partial charge in [0.15, 0.2) is 17.6 Å². The lowest BCUT2D eigenvalue weighted by molar-refractivity contribution is -0.0424. The molecule has 0 unspecified atom stereocenters. The third-order valence-corrected chi connectivity index (χ3v) is 4.25. The number of aliphatic hydroxyl groups is 2. The van der Waals surface area contributed by atoms with E-state index in [4.69, 9.17) is 30.8 Å². The van der Waals surface area contributed by atoms with Gasteiger partial charge in [0.1, 0.15) is 0 Å². The molecule has 0 saturated heterocycles. The zero-order chi connectivity index (χ0) is 17.6. The molecule has 126 valence electrons. The maximum Gasteiger partial charge on any atom is 0.293 e. The monoisotopic (exact) mass is 356 g/mol. The molecule has 0 bridgehead atoms. The maximum atomic E-state index is 9.13. The standard InChI is InChI=1S/C18H13ClN2O4/c1-9-2-7-13(19)15-12(9)8-14(24-15)17-20-16(21-25-17)10-3-5-11(6-4-10)18(22)23/h2-8,18,22-23H,1H3. The summed E-state index contributed by atoms with van der Waals surface area (Å²) in [6.45, 7) is 1.97. The molecule has 2 aromatic carbocycles. The van der Waals surface area contributed by atoms with E-state index in [1.54, 1.807) is 30.3 Å². The average Bonchev–Trinajstić information content (AvgIpc) is 3.26. The molecule has 2 N–H and O–H groups in total. The Morgan fingerprint density at radius 1 is 1.08 bits per heavy atom. The third-order valence-electron chi connectivity index (χ3n) is 3.96. The molecule has 6 nitrogen and oxygen atoms in total. The van der Waals surface area contributed by atoms with Gasteiger partial charge >= 0.3 is 0 Å². The van der Waals surface area contributed by atoms with Gasteiger partial charge in [0, 0.05) is 16.5 Å². The Bertz CT molecular complexity index is 1010. The van der Waals surface area contributed by atoms with E-state index in [1.165, 1.54) is 0 Å². The summed E-state index contributed by atoms with van der Waals surface area (Å²) in [6.07, 6.45) is -1.52. The number of fused-ring (bicyclic) bond motifs is 1. The molecule has 0 aliphatic heterocycles. The zero-order valence-electron chi connectivity index (χ0n) is 13.1. The SMILES string of the molecule is Cc1ccc(Cl)c2oc(-c3nc(-c4ccc(C(O)O)cc4)no3)cc12. The molecule has 2 heterocycles. The summed E-state index contributed by atoms with van der Waals surface area (Å²) in [5.74, 6) is 1.05. The Morgan fingerprint density at radius 2 is 1.84 bits per heavy atom. The predicted octanol–water partition coefficient (Wildman–Crippen LogP) is 4.09. The highest BCUT2D eigenvalue weighted by atomic mass is 35.5. The van der Waals surface area contributed by atoms with E-state index in [2.05, 4.69) is 10.1 Å². The summed E-state index contributed by atoms with van der Waals surface area (Å²) in [5, 5.41) is 23.6. The summed E-state index contributed by atoms with van der Waals surface area (Å²) in [5.41, 5.74) is 2.68. The van der Waals surface area contributed by atoms with Crippen molar-refractivity contribution >= 4 is 22.6 Å². The summed E-state index contributed by atoms with van der Waals surface area (Å²) in [7, 11) is 0. The van der Waals surface area contributed by atoms with Crippen molar-refractivity contribution in [2.75, 3.05) is 0 Å². The van der Waals surface area contributed by atoms with E-state index in [0.29, 0.717) is 33.3 Å². The molecule has 0 aliphatic rings. The quantitative estimate of drug-likeness (QED) is 0.537. The topological polar surface area (TPSA) is 92.5 Å². The first-order valence-corrected chi connectivity index (χ1v) is 7.90. The van der Waals surface area contributed by atoms with E-state index < -0.39 is 6.29 Å². The fourth-order valence-corrected chi connectivity index (χ4v) is 2.78. The van der Waals surface area contributed by atoms with Crippen molar-refractivity contribution in [2.45, 2.75) is 13.2 Å². The van der Waals surface area contributed by atoms with Crippen molar-refractivity contribution < 1.29 is 19.2 Å². The Labute approximate surface area is 147 Å². The number of hydrogen-bond donors (Lipinski definition) is 2. The first-order valence-electron chi connectivity index (χ1n) is 7.52. The van der Waals surface area contributed by atoms with Gasteiger partial charge in [0.2, 0.25) is 5.82 Å². The molecule has 0 saturated carbocycles. The van der Waals surface area contributed by atoms with Crippen LogP contribution in [0.4, 0.5) is 0 Å². The number of hydrogen-bond acceptors (Lipinski definition) is 6. The van der Waals surface area contributed by atoms with Crippen molar-refractivity contribution in [2.24, 2.45) is 0 Å². The van der Waals surface area contributed by atoms with Crippen LogP contribution in [0.25, 0.3) is 34.0 Å². The summed E-state index contributed by atoms with van der Waals surface area (Å²) < 4.78 is 11.1. The van der Waals surface area contributed by atoms with Crippen molar-refractivity contribution in [3.8, 4) is 23.0 Å². The first kappa shape index (κ1) is 15.8. The van der Waals surface area contributed by atoms with Crippen LogP contribution >= 0.6 is 11.6 Å². The van der Waals surface area contributed by atoms with E-state index in [0.717, 1.165) is 10.9 Å². The number of aryl methyl sites for hydroxylation is 1. The molecule has 0 atom stereocenters. The van der Waals surface area contributed by atoms with Gasteiger partial charge in [-0.2, -0.15) is 4.98 Å². The molecule has 2 aromatic heterocycles. The predicted molar refractivity (Wildman–Crippen MR) is 91.9 cm³/mol. The normalized spacial score (nSPS) is 11.6. The number of benzene rings is 2. The van der Waals surface area contributed by atoms with Crippen LogP contribution in [0.1, 0.15) is 17.4 Å². The number of aliphatic hydroxyl groups excluding tert-OH is 1. The molecule has 4 rings (SSSR count). The van der Waals surface area contributed by atoms with E-state index >= 15 is 0 Å². The molecule has 25 heavy (non-hydrogen) atoms. The van der Waals surface area contributed by atoms with Crippen LogP contribution in [0.15, 0.2) is 51.4 Å². The number of halogens is 1. The number of furan rings is 1. The second kappa shape index (κ2) is 6.00.